The first kappa shape index (κ1) is 11.2. The van der Waals surface area contributed by atoms with Gasteiger partial charge in [-0.2, -0.15) is 0 Å². The van der Waals surface area contributed by atoms with E-state index >= 15 is 0 Å². The number of hydrogen-bond acceptors (Lipinski definition) is 1. The van der Waals surface area contributed by atoms with Gasteiger partial charge in [-0.25, -0.2) is 0 Å². The molecule has 0 heterocycles. The van der Waals surface area contributed by atoms with Gasteiger partial charge in [-0.05, 0) is 30.5 Å². The van der Waals surface area contributed by atoms with Crippen LogP contribution in [0.15, 0.2) is 28.7 Å². The molecule has 0 aromatic heterocycles. The van der Waals surface area contributed by atoms with E-state index in [-0.39, 0.29) is 0 Å². The van der Waals surface area contributed by atoms with Crippen molar-refractivity contribution in [3.63, 3.8) is 0 Å². The monoisotopic (exact) mass is 268 g/mol. The molecule has 1 saturated carbocycles. The first-order valence-electron chi connectivity index (χ1n) is 5.65. The van der Waals surface area contributed by atoms with Crippen LogP contribution in [0.25, 0.3) is 0 Å². The molecule has 2 rings (SSSR count). The van der Waals surface area contributed by atoms with Gasteiger partial charge in [-0.15, -0.1) is 0 Å². The van der Waals surface area contributed by atoms with E-state index in [9.17, 15) is 5.11 Å². The Labute approximate surface area is 99.6 Å². The molecule has 1 aliphatic carbocycles. The van der Waals surface area contributed by atoms with Crippen LogP contribution < -0.4 is 0 Å². The number of rotatable bonds is 2. The normalized spacial score (nSPS) is 20.1. The van der Waals surface area contributed by atoms with E-state index in [4.69, 9.17) is 0 Å². The van der Waals surface area contributed by atoms with Gasteiger partial charge in [0.25, 0.3) is 0 Å². The zero-order chi connectivity index (χ0) is 10.7. The molecule has 0 bridgehead atoms. The van der Waals surface area contributed by atoms with Crippen molar-refractivity contribution in [2.24, 2.45) is 0 Å². The second-order valence-corrected chi connectivity index (χ2v) is 5.50. The van der Waals surface area contributed by atoms with Gasteiger partial charge in [-0.1, -0.05) is 47.3 Å². The van der Waals surface area contributed by atoms with Crippen LogP contribution in [0.4, 0.5) is 0 Å². The van der Waals surface area contributed by atoms with Crippen molar-refractivity contribution in [2.45, 2.75) is 44.1 Å². The van der Waals surface area contributed by atoms with Crippen LogP contribution in [-0.4, -0.2) is 10.7 Å². The predicted octanol–water partition coefficient (Wildman–Crippen LogP) is 3.69. The maximum Gasteiger partial charge on any atom is 0.0688 e. The van der Waals surface area contributed by atoms with Crippen LogP contribution >= 0.6 is 15.9 Å². The van der Waals surface area contributed by atoms with Gasteiger partial charge in [0.2, 0.25) is 0 Å². The minimum atomic E-state index is -0.438. The molecule has 1 aliphatic rings. The van der Waals surface area contributed by atoms with Crippen molar-refractivity contribution in [1.29, 1.82) is 0 Å². The van der Waals surface area contributed by atoms with Crippen molar-refractivity contribution in [2.75, 3.05) is 0 Å². The lowest BCUT2D eigenvalue weighted by Gasteiger charge is -2.32. The van der Waals surface area contributed by atoms with E-state index in [0.29, 0.717) is 0 Å². The fourth-order valence-electron chi connectivity index (χ4n) is 2.37. The average Bonchev–Trinajstić information content (AvgIpc) is 2.22. The predicted molar refractivity (Wildman–Crippen MR) is 65.9 cm³/mol. The third-order valence-electron chi connectivity index (χ3n) is 3.23. The minimum Gasteiger partial charge on any atom is -0.390 e. The Balaban J connectivity index is 2.03. The maximum absolute atomic E-state index is 10.4. The van der Waals surface area contributed by atoms with Gasteiger partial charge >= 0.3 is 0 Å². The van der Waals surface area contributed by atoms with Gasteiger partial charge in [0.15, 0.2) is 0 Å². The first-order valence-corrected chi connectivity index (χ1v) is 6.44. The molecule has 2 heteroatoms. The minimum absolute atomic E-state index is 0.438. The highest BCUT2D eigenvalue weighted by atomic mass is 79.9. The van der Waals surface area contributed by atoms with E-state index in [2.05, 4.69) is 28.1 Å². The lowest BCUT2D eigenvalue weighted by atomic mass is 9.80. The Morgan fingerprint density at radius 3 is 2.27 bits per heavy atom. The zero-order valence-corrected chi connectivity index (χ0v) is 10.5. The zero-order valence-electron chi connectivity index (χ0n) is 8.88. The Kier molecular flexibility index (Phi) is 3.47. The summed E-state index contributed by atoms with van der Waals surface area (Å²) in [5.41, 5.74) is 0.800. The van der Waals surface area contributed by atoms with Gasteiger partial charge in [0.05, 0.1) is 5.60 Å². The molecule has 15 heavy (non-hydrogen) atoms. The average molecular weight is 269 g/mol. The smallest absolute Gasteiger partial charge is 0.0688 e. The largest absolute Gasteiger partial charge is 0.390 e. The number of halogens is 1. The summed E-state index contributed by atoms with van der Waals surface area (Å²) in [6, 6.07) is 8.27. The lowest BCUT2D eigenvalue weighted by molar-refractivity contribution is 0.00449. The molecule has 1 aromatic rings. The van der Waals surface area contributed by atoms with E-state index in [1.807, 2.05) is 12.1 Å². The van der Waals surface area contributed by atoms with Crippen LogP contribution in [0.1, 0.15) is 37.7 Å². The molecule has 0 spiro atoms. The van der Waals surface area contributed by atoms with Gasteiger partial charge < -0.3 is 5.11 Å². The highest BCUT2D eigenvalue weighted by Crippen LogP contribution is 2.31. The molecule has 0 saturated heterocycles. The highest BCUT2D eigenvalue weighted by molar-refractivity contribution is 9.10. The lowest BCUT2D eigenvalue weighted by Crippen LogP contribution is -2.33. The molecule has 0 unspecified atom stereocenters. The van der Waals surface area contributed by atoms with Crippen LogP contribution in [0.3, 0.4) is 0 Å². The van der Waals surface area contributed by atoms with E-state index < -0.39 is 5.60 Å². The van der Waals surface area contributed by atoms with Crippen molar-refractivity contribution in [3.8, 4) is 0 Å². The van der Waals surface area contributed by atoms with Crippen LogP contribution in [0.2, 0.25) is 0 Å². The van der Waals surface area contributed by atoms with Crippen molar-refractivity contribution in [1.82, 2.24) is 0 Å². The number of hydrogen-bond donors (Lipinski definition) is 1. The van der Waals surface area contributed by atoms with E-state index in [1.54, 1.807) is 0 Å². The summed E-state index contributed by atoms with van der Waals surface area (Å²) in [5.74, 6) is 0. The van der Waals surface area contributed by atoms with Crippen molar-refractivity contribution >= 4 is 15.9 Å². The van der Waals surface area contributed by atoms with Gasteiger partial charge in [0.1, 0.15) is 0 Å². The van der Waals surface area contributed by atoms with Gasteiger partial charge in [0, 0.05) is 10.9 Å². The summed E-state index contributed by atoms with van der Waals surface area (Å²) in [6.45, 7) is 0. The Morgan fingerprint density at radius 2 is 1.67 bits per heavy atom. The summed E-state index contributed by atoms with van der Waals surface area (Å²) in [6.07, 6.45) is 6.36. The summed E-state index contributed by atoms with van der Waals surface area (Å²) >= 11 is 3.42. The summed E-state index contributed by atoms with van der Waals surface area (Å²) in [7, 11) is 0. The number of benzene rings is 1. The van der Waals surface area contributed by atoms with E-state index in [0.717, 1.165) is 23.7 Å². The molecule has 82 valence electrons. The second kappa shape index (κ2) is 4.67. The van der Waals surface area contributed by atoms with Crippen LogP contribution in [-0.2, 0) is 6.42 Å². The van der Waals surface area contributed by atoms with E-state index in [1.165, 1.54) is 24.8 Å². The fourth-order valence-corrected chi connectivity index (χ4v) is 2.63. The molecular weight excluding hydrogens is 252 g/mol. The third-order valence-corrected chi connectivity index (χ3v) is 3.76. The molecule has 0 aliphatic heterocycles. The third kappa shape index (κ3) is 3.05. The molecule has 1 aromatic carbocycles. The Hall–Kier alpha value is -0.340. The van der Waals surface area contributed by atoms with Crippen LogP contribution in [0, 0.1) is 0 Å². The molecule has 1 nitrogen and oxygen atoms in total. The Bertz CT molecular complexity index is 312. The SMILES string of the molecule is OC1(Cc2ccc(Br)cc2)CCCCC1. The molecular formula is C13H17BrO. The number of aliphatic hydroxyl groups is 1. The molecule has 0 atom stereocenters. The van der Waals surface area contributed by atoms with Crippen molar-refractivity contribution < 1.29 is 5.11 Å². The summed E-state index contributed by atoms with van der Waals surface area (Å²) < 4.78 is 1.10. The fraction of sp³-hybridized carbons (Fsp3) is 0.538. The topological polar surface area (TPSA) is 20.2 Å². The van der Waals surface area contributed by atoms with Crippen molar-refractivity contribution in [3.05, 3.63) is 34.3 Å². The standard InChI is InChI=1S/C13H17BrO/c14-12-6-4-11(5-7-12)10-13(15)8-2-1-3-9-13/h4-7,15H,1-3,8-10H2. The molecule has 0 radical (unpaired) electrons. The summed E-state index contributed by atoms with van der Waals surface area (Å²) in [5, 5.41) is 10.4. The highest BCUT2D eigenvalue weighted by Gasteiger charge is 2.28. The Morgan fingerprint density at radius 1 is 1.07 bits per heavy atom. The molecule has 1 fully saturated rings. The first-order chi connectivity index (χ1) is 7.18. The molecule has 0 amide bonds. The quantitative estimate of drug-likeness (QED) is 0.868. The maximum atomic E-state index is 10.4. The molecule has 1 N–H and O–H groups in total. The van der Waals surface area contributed by atoms with Gasteiger partial charge in [-0.3, -0.25) is 0 Å². The van der Waals surface area contributed by atoms with Crippen LogP contribution in [0.5, 0.6) is 0 Å². The summed E-state index contributed by atoms with van der Waals surface area (Å²) in [4.78, 5) is 0. The second-order valence-electron chi connectivity index (χ2n) is 4.59.